The van der Waals surface area contributed by atoms with E-state index in [0.717, 1.165) is 31.1 Å². The molecule has 2 aromatic heterocycles. The lowest BCUT2D eigenvalue weighted by molar-refractivity contribution is 0.0258. The summed E-state index contributed by atoms with van der Waals surface area (Å²) in [4.78, 5) is 2.30. The summed E-state index contributed by atoms with van der Waals surface area (Å²) < 4.78 is 13.5. The average molecular weight is 294 g/mol. The Hall–Kier alpha value is -2.30. The van der Waals surface area contributed by atoms with Gasteiger partial charge in [0, 0.05) is 30.2 Å². The van der Waals surface area contributed by atoms with E-state index in [-0.39, 0.29) is 6.23 Å². The second-order valence-electron chi connectivity index (χ2n) is 5.46. The molecule has 4 nitrogen and oxygen atoms in total. The molecule has 0 N–H and O–H groups in total. The Kier molecular flexibility index (Phi) is 3.54. The lowest BCUT2D eigenvalue weighted by Gasteiger charge is -2.21. The van der Waals surface area contributed by atoms with Crippen molar-refractivity contribution in [1.82, 2.24) is 9.47 Å². The summed E-state index contributed by atoms with van der Waals surface area (Å²) in [6, 6.07) is 16.4. The predicted octanol–water partition coefficient (Wildman–Crippen LogP) is 3.60. The van der Waals surface area contributed by atoms with Crippen LogP contribution in [-0.2, 0) is 11.3 Å². The Morgan fingerprint density at radius 3 is 2.77 bits per heavy atom. The maximum Gasteiger partial charge on any atom is 0.138 e. The molecule has 0 saturated carbocycles. The van der Waals surface area contributed by atoms with Gasteiger partial charge in [-0.25, -0.2) is 0 Å². The van der Waals surface area contributed by atoms with Crippen LogP contribution in [0.3, 0.4) is 0 Å². The molecule has 0 bridgehead atoms. The molecule has 3 heterocycles. The first-order chi connectivity index (χ1) is 10.9. The van der Waals surface area contributed by atoms with Crippen molar-refractivity contribution in [2.75, 3.05) is 13.2 Å². The quantitative estimate of drug-likeness (QED) is 0.736. The number of aromatic nitrogens is 1. The van der Waals surface area contributed by atoms with Crippen LogP contribution >= 0.6 is 0 Å². The first kappa shape index (κ1) is 13.4. The fraction of sp³-hybridized carbons (Fsp3) is 0.222. The molecule has 0 amide bonds. The summed E-state index contributed by atoms with van der Waals surface area (Å²) in [6.07, 6.45) is 5.93. The van der Waals surface area contributed by atoms with E-state index in [9.17, 15) is 0 Å². The first-order valence-corrected chi connectivity index (χ1v) is 7.51. The molecule has 0 radical (unpaired) electrons. The summed E-state index contributed by atoms with van der Waals surface area (Å²) in [6.45, 7) is 2.44. The van der Waals surface area contributed by atoms with Gasteiger partial charge in [0.15, 0.2) is 0 Å². The minimum atomic E-state index is -0.00457. The average Bonchev–Trinajstić information content (AvgIpc) is 3.30. The Bertz CT molecular complexity index is 719. The number of benzene rings is 1. The Balaban J connectivity index is 1.55. The predicted molar refractivity (Wildman–Crippen MR) is 83.6 cm³/mol. The van der Waals surface area contributed by atoms with Gasteiger partial charge >= 0.3 is 0 Å². The molecular weight excluding hydrogens is 276 g/mol. The largest absolute Gasteiger partial charge is 0.468 e. The molecule has 4 heteroatoms. The van der Waals surface area contributed by atoms with Gasteiger partial charge in [-0.05, 0) is 30.3 Å². The van der Waals surface area contributed by atoms with Crippen molar-refractivity contribution in [3.05, 3.63) is 78.5 Å². The van der Waals surface area contributed by atoms with Crippen LogP contribution in [0.25, 0.3) is 5.69 Å². The lowest BCUT2D eigenvalue weighted by Crippen LogP contribution is -2.22. The van der Waals surface area contributed by atoms with Gasteiger partial charge in [-0.2, -0.15) is 0 Å². The molecular formula is C18H18N2O2. The van der Waals surface area contributed by atoms with E-state index < -0.39 is 0 Å². The minimum Gasteiger partial charge on any atom is -0.468 e. The third-order valence-electron chi connectivity index (χ3n) is 3.98. The van der Waals surface area contributed by atoms with Crippen molar-refractivity contribution in [3.8, 4) is 5.69 Å². The van der Waals surface area contributed by atoms with E-state index in [1.165, 1.54) is 5.56 Å². The fourth-order valence-corrected chi connectivity index (χ4v) is 2.90. The second kappa shape index (κ2) is 5.83. The van der Waals surface area contributed by atoms with Crippen LogP contribution in [-0.4, -0.2) is 22.6 Å². The third-order valence-corrected chi connectivity index (χ3v) is 3.98. The van der Waals surface area contributed by atoms with E-state index in [2.05, 4.69) is 40.1 Å². The third kappa shape index (κ3) is 2.58. The van der Waals surface area contributed by atoms with E-state index >= 15 is 0 Å². The molecule has 0 spiro atoms. The molecule has 112 valence electrons. The number of furan rings is 1. The van der Waals surface area contributed by atoms with Gasteiger partial charge in [-0.15, -0.1) is 0 Å². The summed E-state index contributed by atoms with van der Waals surface area (Å²) >= 11 is 0. The lowest BCUT2D eigenvalue weighted by atomic mass is 10.2. The monoisotopic (exact) mass is 294 g/mol. The number of para-hydroxylation sites is 1. The fourth-order valence-electron chi connectivity index (χ4n) is 2.90. The van der Waals surface area contributed by atoms with Gasteiger partial charge in [0.2, 0.25) is 0 Å². The second-order valence-corrected chi connectivity index (χ2v) is 5.46. The van der Waals surface area contributed by atoms with Crippen LogP contribution in [0.15, 0.2) is 71.6 Å². The Morgan fingerprint density at radius 2 is 1.95 bits per heavy atom. The number of hydrogen-bond donors (Lipinski definition) is 0. The molecule has 1 fully saturated rings. The Labute approximate surface area is 129 Å². The number of hydrogen-bond acceptors (Lipinski definition) is 3. The van der Waals surface area contributed by atoms with Gasteiger partial charge in [-0.3, -0.25) is 4.90 Å². The van der Waals surface area contributed by atoms with Crippen LogP contribution < -0.4 is 0 Å². The van der Waals surface area contributed by atoms with Crippen molar-refractivity contribution in [1.29, 1.82) is 0 Å². The van der Waals surface area contributed by atoms with Gasteiger partial charge in [0.05, 0.1) is 19.4 Å². The summed E-state index contributed by atoms with van der Waals surface area (Å²) in [5.41, 5.74) is 2.33. The topological polar surface area (TPSA) is 30.5 Å². The van der Waals surface area contributed by atoms with Crippen LogP contribution in [0.2, 0.25) is 0 Å². The van der Waals surface area contributed by atoms with E-state index in [1.807, 2.05) is 30.3 Å². The molecule has 1 saturated heterocycles. The minimum absolute atomic E-state index is 0.00457. The van der Waals surface area contributed by atoms with Crippen molar-refractivity contribution in [2.45, 2.75) is 12.8 Å². The number of nitrogens with zero attached hydrogens (tertiary/aromatic N) is 2. The molecule has 0 aliphatic carbocycles. The molecule has 0 unspecified atom stereocenters. The Morgan fingerprint density at radius 1 is 1.05 bits per heavy atom. The highest BCUT2D eigenvalue weighted by Gasteiger charge is 2.28. The highest BCUT2D eigenvalue weighted by Crippen LogP contribution is 2.29. The summed E-state index contributed by atoms with van der Waals surface area (Å²) in [5, 5.41) is 0. The molecule has 1 aromatic carbocycles. The van der Waals surface area contributed by atoms with Gasteiger partial charge < -0.3 is 13.7 Å². The molecule has 4 rings (SSSR count). The zero-order valence-electron chi connectivity index (χ0n) is 12.3. The molecule has 3 aromatic rings. The van der Waals surface area contributed by atoms with Crippen molar-refractivity contribution < 1.29 is 9.15 Å². The van der Waals surface area contributed by atoms with Crippen molar-refractivity contribution >= 4 is 0 Å². The molecule has 22 heavy (non-hydrogen) atoms. The van der Waals surface area contributed by atoms with Crippen LogP contribution in [0.1, 0.15) is 17.6 Å². The highest BCUT2D eigenvalue weighted by molar-refractivity contribution is 5.34. The van der Waals surface area contributed by atoms with Crippen LogP contribution in [0, 0.1) is 0 Å². The summed E-state index contributed by atoms with van der Waals surface area (Å²) in [5.74, 6) is 0.970. The summed E-state index contributed by atoms with van der Waals surface area (Å²) in [7, 11) is 0. The zero-order chi connectivity index (χ0) is 14.8. The van der Waals surface area contributed by atoms with Crippen molar-refractivity contribution in [3.63, 3.8) is 0 Å². The van der Waals surface area contributed by atoms with Crippen LogP contribution in [0.4, 0.5) is 0 Å². The maximum absolute atomic E-state index is 5.92. The smallest absolute Gasteiger partial charge is 0.138 e. The highest BCUT2D eigenvalue weighted by atomic mass is 16.5. The molecule has 1 aliphatic heterocycles. The molecule has 1 atom stereocenters. The zero-order valence-corrected chi connectivity index (χ0v) is 12.3. The van der Waals surface area contributed by atoms with Gasteiger partial charge in [-0.1, -0.05) is 18.2 Å². The van der Waals surface area contributed by atoms with E-state index in [0.29, 0.717) is 0 Å². The normalized spacial score (nSPS) is 18.8. The number of ether oxygens (including phenoxy) is 1. The SMILES string of the molecule is c1ccc(-n2ccc([C@H]3OCCN3Cc3ccco3)c2)cc1. The molecule has 1 aliphatic rings. The van der Waals surface area contributed by atoms with Crippen LogP contribution in [0.5, 0.6) is 0 Å². The van der Waals surface area contributed by atoms with E-state index in [1.54, 1.807) is 6.26 Å². The standard InChI is InChI=1S/C18H18N2O2/c1-2-5-16(6-3-1)19-9-8-15(13-19)18-20(10-12-22-18)14-17-7-4-11-21-17/h1-9,11,13,18H,10,12,14H2/t18-/m1/s1. The van der Waals surface area contributed by atoms with E-state index in [4.69, 9.17) is 9.15 Å². The van der Waals surface area contributed by atoms with Crippen molar-refractivity contribution in [2.24, 2.45) is 0 Å². The van der Waals surface area contributed by atoms with Gasteiger partial charge in [0.25, 0.3) is 0 Å². The van der Waals surface area contributed by atoms with Gasteiger partial charge in [0.1, 0.15) is 12.0 Å². The maximum atomic E-state index is 5.92. The first-order valence-electron chi connectivity index (χ1n) is 7.51. The number of rotatable bonds is 4.